The Labute approximate surface area is 224 Å². The number of hydrogen-bond acceptors (Lipinski definition) is 4. The van der Waals surface area contributed by atoms with Crippen molar-refractivity contribution in [1.82, 2.24) is 4.98 Å². The zero-order valence-corrected chi connectivity index (χ0v) is 21.6. The SMILES string of the molecule is CCC1=C/C=C(C(=N)C(=O)/C=C\Nc2cccc(C(C)(F)F)c2)\C=C(/c2ccnc3ccc(F)cc23)CC1.F. The van der Waals surface area contributed by atoms with Gasteiger partial charge in [-0.2, -0.15) is 0 Å². The van der Waals surface area contributed by atoms with E-state index in [1.54, 1.807) is 30.5 Å². The minimum atomic E-state index is -2.98. The van der Waals surface area contributed by atoms with E-state index in [4.69, 9.17) is 5.41 Å². The fourth-order valence-corrected chi connectivity index (χ4v) is 4.28. The van der Waals surface area contributed by atoms with Crippen LogP contribution >= 0.6 is 0 Å². The van der Waals surface area contributed by atoms with Crippen LogP contribution in [0.5, 0.6) is 0 Å². The fourth-order valence-electron chi connectivity index (χ4n) is 4.28. The van der Waals surface area contributed by atoms with E-state index in [9.17, 15) is 18.0 Å². The Morgan fingerprint density at radius 1 is 1.13 bits per heavy atom. The fraction of sp³-hybridized carbons (Fsp3) is 0.194. The summed E-state index contributed by atoms with van der Waals surface area (Å²) < 4.78 is 41.3. The summed E-state index contributed by atoms with van der Waals surface area (Å²) >= 11 is 0. The Morgan fingerprint density at radius 2 is 1.92 bits per heavy atom. The number of carbonyl (C=O) groups excluding carboxylic acids is 1. The molecule has 0 amide bonds. The van der Waals surface area contributed by atoms with Crippen LogP contribution < -0.4 is 5.32 Å². The van der Waals surface area contributed by atoms with Gasteiger partial charge in [-0.1, -0.05) is 36.8 Å². The van der Waals surface area contributed by atoms with Crippen LogP contribution in [-0.4, -0.2) is 16.5 Å². The lowest BCUT2D eigenvalue weighted by molar-refractivity contribution is -0.108. The van der Waals surface area contributed by atoms with E-state index < -0.39 is 11.7 Å². The van der Waals surface area contributed by atoms with Crippen molar-refractivity contribution in [2.24, 2.45) is 0 Å². The van der Waals surface area contributed by atoms with Gasteiger partial charge in [-0.25, -0.2) is 13.2 Å². The maximum atomic E-state index is 14.1. The molecule has 0 saturated carbocycles. The minimum absolute atomic E-state index is 0. The summed E-state index contributed by atoms with van der Waals surface area (Å²) in [7, 11) is 0. The van der Waals surface area contributed by atoms with Gasteiger partial charge in [0.2, 0.25) is 5.78 Å². The number of fused-ring (bicyclic) bond motifs is 1. The number of halogens is 4. The molecule has 0 atom stereocenters. The molecule has 4 nitrogen and oxygen atoms in total. The van der Waals surface area contributed by atoms with E-state index in [1.807, 2.05) is 12.1 Å². The highest BCUT2D eigenvalue weighted by molar-refractivity contribution is 6.49. The van der Waals surface area contributed by atoms with E-state index >= 15 is 0 Å². The summed E-state index contributed by atoms with van der Waals surface area (Å²) in [6.45, 7) is 2.87. The largest absolute Gasteiger partial charge is 0.362 e. The van der Waals surface area contributed by atoms with E-state index in [-0.39, 0.29) is 21.8 Å². The molecule has 0 radical (unpaired) electrons. The molecule has 1 aromatic heterocycles. The molecule has 4 rings (SSSR count). The summed E-state index contributed by atoms with van der Waals surface area (Å²) in [6, 6.07) is 12.0. The summed E-state index contributed by atoms with van der Waals surface area (Å²) in [6.07, 6.45) is 12.0. The molecule has 0 aliphatic heterocycles. The average molecular weight is 536 g/mol. The molecule has 0 unspecified atom stereocenters. The monoisotopic (exact) mass is 535 g/mol. The van der Waals surface area contributed by atoms with Gasteiger partial charge >= 0.3 is 0 Å². The Morgan fingerprint density at radius 3 is 2.67 bits per heavy atom. The van der Waals surface area contributed by atoms with Gasteiger partial charge in [-0.15, -0.1) is 0 Å². The first kappa shape index (κ1) is 29.2. The summed E-state index contributed by atoms with van der Waals surface area (Å²) in [5.41, 5.74) is 3.99. The second-order valence-electron chi connectivity index (χ2n) is 9.18. The molecule has 0 saturated heterocycles. The van der Waals surface area contributed by atoms with Gasteiger partial charge in [-0.05, 0) is 72.9 Å². The number of rotatable bonds is 8. The molecule has 1 heterocycles. The number of benzene rings is 2. The Kier molecular flexibility index (Phi) is 9.35. The Hall–Kier alpha value is -4.33. The molecule has 1 aliphatic rings. The van der Waals surface area contributed by atoms with E-state index in [0.717, 1.165) is 30.9 Å². The number of hydrogen-bond donors (Lipinski definition) is 2. The van der Waals surface area contributed by atoms with Gasteiger partial charge in [0, 0.05) is 47.6 Å². The lowest BCUT2D eigenvalue weighted by atomic mass is 9.90. The van der Waals surface area contributed by atoms with Crippen LogP contribution in [0.15, 0.2) is 96.4 Å². The number of pyridine rings is 1. The van der Waals surface area contributed by atoms with Crippen LogP contribution in [0.1, 0.15) is 44.2 Å². The predicted molar refractivity (Wildman–Crippen MR) is 149 cm³/mol. The van der Waals surface area contributed by atoms with Crippen molar-refractivity contribution in [3.05, 3.63) is 113 Å². The highest BCUT2D eigenvalue weighted by Gasteiger charge is 2.24. The number of nitrogens with one attached hydrogen (secondary N) is 2. The van der Waals surface area contributed by atoms with Gasteiger partial charge in [0.15, 0.2) is 0 Å². The van der Waals surface area contributed by atoms with Crippen molar-refractivity contribution in [2.45, 2.75) is 39.0 Å². The summed E-state index contributed by atoms with van der Waals surface area (Å²) in [5.74, 6) is -3.89. The third-order valence-electron chi connectivity index (χ3n) is 6.44. The third kappa shape index (κ3) is 7.16. The summed E-state index contributed by atoms with van der Waals surface area (Å²) in [4.78, 5) is 17.2. The second kappa shape index (κ2) is 12.5. The van der Waals surface area contributed by atoms with Crippen molar-refractivity contribution >= 4 is 33.7 Å². The van der Waals surface area contributed by atoms with Crippen molar-refractivity contribution in [3.63, 3.8) is 0 Å². The average Bonchev–Trinajstić information content (AvgIpc) is 2.88. The number of allylic oxidation sites excluding steroid dienone is 7. The lowest BCUT2D eigenvalue weighted by Gasteiger charge is -2.16. The van der Waals surface area contributed by atoms with Crippen LogP contribution in [0.4, 0.5) is 23.6 Å². The van der Waals surface area contributed by atoms with Crippen LogP contribution in [-0.2, 0) is 10.7 Å². The number of aromatic nitrogens is 1. The maximum absolute atomic E-state index is 14.1. The first-order chi connectivity index (χ1) is 18.2. The first-order valence-corrected chi connectivity index (χ1v) is 12.4. The maximum Gasteiger partial charge on any atom is 0.270 e. The highest BCUT2D eigenvalue weighted by Crippen LogP contribution is 2.32. The van der Waals surface area contributed by atoms with Crippen molar-refractivity contribution in [1.29, 1.82) is 5.41 Å². The Bertz CT molecular complexity index is 1510. The van der Waals surface area contributed by atoms with Gasteiger partial charge in [-0.3, -0.25) is 19.9 Å². The smallest absolute Gasteiger partial charge is 0.270 e. The number of alkyl halides is 2. The quantitative estimate of drug-likeness (QED) is 0.173. The normalized spacial score (nSPS) is 16.7. The first-order valence-electron chi connectivity index (χ1n) is 12.4. The number of nitrogens with zero attached hydrogens (tertiary/aromatic N) is 1. The standard InChI is InChI=1S/C31H28F3N3O.FH/c1-3-20-7-9-21(26-13-15-37-28-12-11-24(32)19-27(26)28)17-22(10-8-20)30(35)29(38)14-16-36-25-6-4-5-23(18-25)31(2,33)34;/h4-6,8,10-19,35-36H,3,7,9H2,1-2H3;1H/b16-14-,20-8?,21-17-,22-10+,35-30?;. The van der Waals surface area contributed by atoms with E-state index in [2.05, 4.69) is 17.2 Å². The molecule has 0 fully saturated rings. The third-order valence-corrected chi connectivity index (χ3v) is 6.44. The molecule has 0 spiro atoms. The van der Waals surface area contributed by atoms with Gasteiger partial charge < -0.3 is 5.32 Å². The van der Waals surface area contributed by atoms with Crippen molar-refractivity contribution in [2.75, 3.05) is 5.32 Å². The van der Waals surface area contributed by atoms with Crippen LogP contribution in [0.3, 0.4) is 0 Å². The number of carbonyl (C=O) groups is 1. The second-order valence-corrected chi connectivity index (χ2v) is 9.18. The number of anilines is 1. The van der Waals surface area contributed by atoms with Crippen LogP contribution in [0.25, 0.3) is 16.5 Å². The molecular weight excluding hydrogens is 506 g/mol. The molecule has 202 valence electrons. The Balaban J connectivity index is 0.00000420. The molecule has 2 N–H and O–H groups in total. The topological polar surface area (TPSA) is 65.8 Å². The zero-order chi connectivity index (χ0) is 27.3. The number of ketones is 1. The molecule has 1 aliphatic carbocycles. The van der Waals surface area contributed by atoms with E-state index in [0.29, 0.717) is 28.6 Å². The molecule has 0 bridgehead atoms. The zero-order valence-electron chi connectivity index (χ0n) is 21.6. The summed E-state index contributed by atoms with van der Waals surface area (Å²) in [5, 5.41) is 12.1. The van der Waals surface area contributed by atoms with Crippen LogP contribution in [0.2, 0.25) is 0 Å². The lowest BCUT2D eigenvalue weighted by Crippen LogP contribution is -2.13. The van der Waals surface area contributed by atoms with Gasteiger partial charge in [0.25, 0.3) is 5.92 Å². The van der Waals surface area contributed by atoms with Crippen LogP contribution in [0, 0.1) is 11.2 Å². The molecule has 39 heavy (non-hydrogen) atoms. The van der Waals surface area contributed by atoms with Gasteiger partial charge in [0.1, 0.15) is 11.5 Å². The highest BCUT2D eigenvalue weighted by atomic mass is 19.3. The molecular formula is C31H29F4N3O. The van der Waals surface area contributed by atoms with E-state index in [1.165, 1.54) is 48.2 Å². The predicted octanol–water partition coefficient (Wildman–Crippen LogP) is 8.29. The van der Waals surface area contributed by atoms with Gasteiger partial charge in [0.05, 0.1) is 5.52 Å². The van der Waals surface area contributed by atoms with Crippen molar-refractivity contribution < 1.29 is 22.7 Å². The molecule has 8 heteroatoms. The molecule has 2 aromatic carbocycles. The van der Waals surface area contributed by atoms with Crippen molar-refractivity contribution in [3.8, 4) is 0 Å². The minimum Gasteiger partial charge on any atom is -0.362 e. The molecule has 3 aromatic rings.